The van der Waals surface area contributed by atoms with Crippen molar-refractivity contribution in [3.63, 3.8) is 0 Å². The molecule has 1 aliphatic rings. The van der Waals surface area contributed by atoms with Gasteiger partial charge in [-0.2, -0.15) is 0 Å². The summed E-state index contributed by atoms with van der Waals surface area (Å²) >= 11 is 5.92. The number of nitro benzene ring substituents is 1. The van der Waals surface area contributed by atoms with Gasteiger partial charge in [-0.1, -0.05) is 23.7 Å². The molecule has 7 nitrogen and oxygen atoms in total. The highest BCUT2D eigenvalue weighted by molar-refractivity contribution is 6.29. The fourth-order valence-corrected chi connectivity index (χ4v) is 2.99. The van der Waals surface area contributed by atoms with E-state index in [4.69, 9.17) is 11.6 Å². The Bertz CT molecular complexity index is 819. The topological polar surface area (TPSA) is 79.6 Å². The van der Waals surface area contributed by atoms with Crippen LogP contribution in [0.4, 0.5) is 11.5 Å². The van der Waals surface area contributed by atoms with Gasteiger partial charge < -0.3 is 9.80 Å². The predicted molar refractivity (Wildman–Crippen MR) is 95.2 cm³/mol. The number of aromatic nitrogens is 1. The largest absolute Gasteiger partial charge is 0.353 e. The summed E-state index contributed by atoms with van der Waals surface area (Å²) in [5.41, 5.74) is 0.845. The minimum Gasteiger partial charge on any atom is -0.353 e. The molecule has 0 atom stereocenters. The van der Waals surface area contributed by atoms with Crippen LogP contribution in [-0.4, -0.2) is 46.9 Å². The standard InChI is InChI=1S/C17H17ClN4O3/c1-12-5-6-13(11-14(12)22(24)25)17(23)21-9-7-20(8-10-21)16-4-2-3-15(18)19-16/h2-6,11H,7-10H2,1H3. The Balaban J connectivity index is 1.69. The molecule has 2 aromatic rings. The molecule has 0 aliphatic carbocycles. The Labute approximate surface area is 150 Å². The molecular formula is C17H17ClN4O3. The first-order valence-electron chi connectivity index (χ1n) is 7.87. The van der Waals surface area contributed by atoms with Gasteiger partial charge in [-0.3, -0.25) is 14.9 Å². The molecule has 2 heterocycles. The van der Waals surface area contributed by atoms with Crippen LogP contribution in [0.2, 0.25) is 5.15 Å². The maximum atomic E-state index is 12.6. The van der Waals surface area contributed by atoms with Crippen molar-refractivity contribution in [3.8, 4) is 0 Å². The number of pyridine rings is 1. The third-order valence-electron chi connectivity index (χ3n) is 4.24. The van der Waals surface area contributed by atoms with Gasteiger partial charge in [0.1, 0.15) is 11.0 Å². The fourth-order valence-electron chi connectivity index (χ4n) is 2.83. The highest BCUT2D eigenvalue weighted by Crippen LogP contribution is 2.21. The van der Waals surface area contributed by atoms with Gasteiger partial charge in [-0.25, -0.2) is 4.98 Å². The summed E-state index contributed by atoms with van der Waals surface area (Å²) in [5, 5.41) is 11.5. The smallest absolute Gasteiger partial charge is 0.273 e. The lowest BCUT2D eigenvalue weighted by Gasteiger charge is -2.35. The maximum Gasteiger partial charge on any atom is 0.273 e. The van der Waals surface area contributed by atoms with Crippen LogP contribution >= 0.6 is 11.6 Å². The number of carbonyl (C=O) groups is 1. The van der Waals surface area contributed by atoms with Crippen molar-refractivity contribution in [2.24, 2.45) is 0 Å². The van der Waals surface area contributed by atoms with Gasteiger partial charge in [0.25, 0.3) is 11.6 Å². The van der Waals surface area contributed by atoms with Crippen LogP contribution in [0.15, 0.2) is 36.4 Å². The third-order valence-corrected chi connectivity index (χ3v) is 4.45. The van der Waals surface area contributed by atoms with Crippen LogP contribution in [-0.2, 0) is 0 Å². The molecule has 8 heteroatoms. The molecule has 25 heavy (non-hydrogen) atoms. The third kappa shape index (κ3) is 3.71. The molecule has 1 fully saturated rings. The second kappa shape index (κ2) is 7.06. The Hall–Kier alpha value is -2.67. The van der Waals surface area contributed by atoms with Crippen molar-refractivity contribution < 1.29 is 9.72 Å². The molecule has 130 valence electrons. The first-order chi connectivity index (χ1) is 12.0. The zero-order valence-corrected chi connectivity index (χ0v) is 14.4. The molecule has 1 saturated heterocycles. The number of carbonyl (C=O) groups excluding carboxylic acids is 1. The van der Waals surface area contributed by atoms with Crippen LogP contribution in [0.3, 0.4) is 0 Å². The summed E-state index contributed by atoms with van der Waals surface area (Å²) in [6.07, 6.45) is 0. The summed E-state index contributed by atoms with van der Waals surface area (Å²) in [7, 11) is 0. The molecule has 0 bridgehead atoms. The Kier molecular flexibility index (Phi) is 4.85. The number of halogens is 1. The van der Waals surface area contributed by atoms with E-state index in [1.807, 2.05) is 12.1 Å². The van der Waals surface area contributed by atoms with E-state index in [0.29, 0.717) is 42.5 Å². The number of amides is 1. The van der Waals surface area contributed by atoms with E-state index in [9.17, 15) is 14.9 Å². The zero-order chi connectivity index (χ0) is 18.0. The van der Waals surface area contributed by atoms with Crippen molar-refractivity contribution in [2.45, 2.75) is 6.92 Å². The second-order valence-corrected chi connectivity index (χ2v) is 6.24. The van der Waals surface area contributed by atoms with E-state index in [2.05, 4.69) is 9.88 Å². The maximum absolute atomic E-state index is 12.6. The molecule has 0 N–H and O–H groups in total. The molecule has 0 unspecified atom stereocenters. The summed E-state index contributed by atoms with van der Waals surface area (Å²) in [6.45, 7) is 3.96. The second-order valence-electron chi connectivity index (χ2n) is 5.86. The lowest BCUT2D eigenvalue weighted by molar-refractivity contribution is -0.385. The monoisotopic (exact) mass is 360 g/mol. The average Bonchev–Trinajstić information content (AvgIpc) is 2.61. The molecule has 0 radical (unpaired) electrons. The number of nitro groups is 1. The van der Waals surface area contributed by atoms with Gasteiger partial charge in [0.05, 0.1) is 4.92 Å². The average molecular weight is 361 g/mol. The first kappa shape index (κ1) is 17.2. The summed E-state index contributed by atoms with van der Waals surface area (Å²) < 4.78 is 0. The minimum absolute atomic E-state index is 0.0346. The summed E-state index contributed by atoms with van der Waals surface area (Å²) in [6, 6.07) is 10.0. The number of rotatable bonds is 3. The Morgan fingerprint density at radius 3 is 2.56 bits per heavy atom. The van der Waals surface area contributed by atoms with Crippen LogP contribution < -0.4 is 4.90 Å². The SMILES string of the molecule is Cc1ccc(C(=O)N2CCN(c3cccc(Cl)n3)CC2)cc1[N+](=O)[O-]. The van der Waals surface area contributed by atoms with E-state index >= 15 is 0 Å². The van der Waals surface area contributed by atoms with Gasteiger partial charge in [-0.15, -0.1) is 0 Å². The molecule has 0 saturated carbocycles. The van der Waals surface area contributed by atoms with E-state index in [0.717, 1.165) is 5.82 Å². The van der Waals surface area contributed by atoms with Crippen LogP contribution in [0.25, 0.3) is 0 Å². The molecule has 0 spiro atoms. The van der Waals surface area contributed by atoms with E-state index in [1.54, 1.807) is 30.0 Å². The Morgan fingerprint density at radius 2 is 1.92 bits per heavy atom. The number of anilines is 1. The van der Waals surface area contributed by atoms with Gasteiger partial charge in [0.15, 0.2) is 0 Å². The highest BCUT2D eigenvalue weighted by Gasteiger charge is 2.24. The number of nitrogens with zero attached hydrogens (tertiary/aromatic N) is 4. The molecular weight excluding hydrogens is 344 g/mol. The first-order valence-corrected chi connectivity index (χ1v) is 8.25. The number of hydrogen-bond acceptors (Lipinski definition) is 5. The molecule has 1 aliphatic heterocycles. The van der Waals surface area contributed by atoms with Crippen molar-refractivity contribution in [1.82, 2.24) is 9.88 Å². The van der Waals surface area contributed by atoms with Crippen LogP contribution in [0.1, 0.15) is 15.9 Å². The highest BCUT2D eigenvalue weighted by atomic mass is 35.5. The van der Waals surface area contributed by atoms with E-state index < -0.39 is 4.92 Å². The Morgan fingerprint density at radius 1 is 1.20 bits per heavy atom. The van der Waals surface area contributed by atoms with E-state index in [1.165, 1.54) is 6.07 Å². The van der Waals surface area contributed by atoms with Crippen LogP contribution in [0, 0.1) is 17.0 Å². The number of aryl methyl sites for hydroxylation is 1. The number of piperazine rings is 1. The van der Waals surface area contributed by atoms with Gasteiger partial charge >= 0.3 is 0 Å². The van der Waals surface area contributed by atoms with Gasteiger partial charge in [0, 0.05) is 43.4 Å². The van der Waals surface area contributed by atoms with Crippen molar-refractivity contribution in [1.29, 1.82) is 0 Å². The number of benzene rings is 1. The fraction of sp³-hybridized carbons (Fsp3) is 0.294. The lowest BCUT2D eigenvalue weighted by atomic mass is 10.1. The zero-order valence-electron chi connectivity index (χ0n) is 13.7. The molecule has 1 amide bonds. The van der Waals surface area contributed by atoms with Gasteiger partial charge in [-0.05, 0) is 25.1 Å². The molecule has 1 aromatic carbocycles. The molecule has 3 rings (SSSR count). The predicted octanol–water partition coefficient (Wildman–Crippen LogP) is 2.91. The molecule has 1 aromatic heterocycles. The van der Waals surface area contributed by atoms with Crippen molar-refractivity contribution >= 4 is 29.0 Å². The van der Waals surface area contributed by atoms with E-state index in [-0.39, 0.29) is 11.6 Å². The van der Waals surface area contributed by atoms with Crippen molar-refractivity contribution in [2.75, 3.05) is 31.1 Å². The van der Waals surface area contributed by atoms with Gasteiger partial charge in [0.2, 0.25) is 0 Å². The minimum atomic E-state index is -0.463. The summed E-state index contributed by atoms with van der Waals surface area (Å²) in [5.74, 6) is 0.590. The lowest BCUT2D eigenvalue weighted by Crippen LogP contribution is -2.49. The van der Waals surface area contributed by atoms with Crippen molar-refractivity contribution in [3.05, 3.63) is 62.8 Å². The normalized spacial score (nSPS) is 14.5. The quantitative estimate of drug-likeness (QED) is 0.477. The number of hydrogen-bond donors (Lipinski definition) is 0. The van der Waals surface area contributed by atoms with Crippen LogP contribution in [0.5, 0.6) is 0 Å². The summed E-state index contributed by atoms with van der Waals surface area (Å²) in [4.78, 5) is 31.3.